The number of aliphatic hydroxyl groups is 1. The van der Waals surface area contributed by atoms with Crippen molar-refractivity contribution < 1.29 is 23.4 Å². The Hall–Kier alpha value is -1.56. The van der Waals surface area contributed by atoms with Gasteiger partial charge in [-0.2, -0.15) is 8.42 Å². The normalized spacial score (nSPS) is 16.2. The molecule has 6 heteroatoms. The Morgan fingerprint density at radius 3 is 2.38 bits per heavy atom. The highest BCUT2D eigenvalue weighted by atomic mass is 32.2. The first kappa shape index (κ1) is 9.53. The van der Waals surface area contributed by atoms with Gasteiger partial charge in [0, 0.05) is 6.42 Å². The molecule has 0 unspecified atom stereocenters. The van der Waals surface area contributed by atoms with Crippen molar-refractivity contribution in [2.45, 2.75) is 6.42 Å². The van der Waals surface area contributed by atoms with Crippen LogP contribution in [-0.4, -0.2) is 29.5 Å². The fraction of sp³-hybridized carbons (Fsp3) is 0.143. The number of rotatable bonds is 1. The molecule has 0 atom stereocenters. The van der Waals surface area contributed by atoms with Crippen molar-refractivity contribution in [2.24, 2.45) is 0 Å². The van der Waals surface area contributed by atoms with Crippen LogP contribution in [0, 0.1) is 0 Å². The van der Waals surface area contributed by atoms with Gasteiger partial charge in [0.1, 0.15) is 5.76 Å². The zero-order valence-corrected chi connectivity index (χ0v) is 7.21. The highest BCUT2D eigenvalue weighted by molar-refractivity contribution is 7.73. The SMILES string of the molecule is O=C(O)C1=C(O)CC(=S(=O)=O)C=C1. The number of aliphatic hydroxyl groups excluding tert-OH is 1. The summed E-state index contributed by atoms with van der Waals surface area (Å²) in [5, 5.41) is 17.6. The molecule has 0 saturated heterocycles. The number of hydrogen-bond acceptors (Lipinski definition) is 4. The third-order valence-corrected chi connectivity index (χ3v) is 2.24. The number of carboxylic acids is 1. The van der Waals surface area contributed by atoms with Gasteiger partial charge in [-0.25, -0.2) is 4.79 Å². The van der Waals surface area contributed by atoms with Crippen LogP contribution in [0.2, 0.25) is 0 Å². The van der Waals surface area contributed by atoms with Crippen molar-refractivity contribution in [3.05, 3.63) is 23.5 Å². The van der Waals surface area contributed by atoms with E-state index in [0.717, 1.165) is 12.2 Å². The molecular formula is C7H6O5S. The van der Waals surface area contributed by atoms with Crippen LogP contribution in [0.1, 0.15) is 6.42 Å². The van der Waals surface area contributed by atoms with E-state index < -0.39 is 22.0 Å². The average molecular weight is 202 g/mol. The van der Waals surface area contributed by atoms with Crippen molar-refractivity contribution in [3.63, 3.8) is 0 Å². The van der Waals surface area contributed by atoms with Crippen molar-refractivity contribution in [2.75, 3.05) is 0 Å². The fourth-order valence-corrected chi connectivity index (χ4v) is 1.33. The summed E-state index contributed by atoms with van der Waals surface area (Å²) in [5.41, 5.74) is -0.269. The highest BCUT2D eigenvalue weighted by Gasteiger charge is 2.17. The maximum absolute atomic E-state index is 10.4. The molecule has 0 bridgehead atoms. The molecule has 0 amide bonds. The van der Waals surface area contributed by atoms with E-state index in [4.69, 9.17) is 10.2 Å². The van der Waals surface area contributed by atoms with Gasteiger partial charge in [-0.05, 0) is 12.2 Å². The molecule has 70 valence electrons. The Morgan fingerprint density at radius 1 is 1.38 bits per heavy atom. The maximum atomic E-state index is 10.4. The van der Waals surface area contributed by atoms with Gasteiger partial charge in [-0.1, -0.05) is 0 Å². The second kappa shape index (κ2) is 3.44. The Balaban J connectivity index is 3.15. The lowest BCUT2D eigenvalue weighted by atomic mass is 10.1. The van der Waals surface area contributed by atoms with Crippen LogP contribution >= 0.6 is 0 Å². The Bertz CT molecular complexity index is 430. The van der Waals surface area contributed by atoms with E-state index in [1.54, 1.807) is 0 Å². The van der Waals surface area contributed by atoms with E-state index in [1.165, 1.54) is 0 Å². The number of carbonyl (C=O) groups is 1. The molecule has 0 spiro atoms. The summed E-state index contributed by atoms with van der Waals surface area (Å²) in [5.74, 6) is -1.71. The second-order valence-electron chi connectivity index (χ2n) is 2.38. The van der Waals surface area contributed by atoms with Crippen LogP contribution in [0.5, 0.6) is 0 Å². The van der Waals surface area contributed by atoms with Crippen LogP contribution in [0.4, 0.5) is 0 Å². The van der Waals surface area contributed by atoms with Gasteiger partial charge < -0.3 is 10.2 Å². The minimum Gasteiger partial charge on any atom is -0.511 e. The third kappa shape index (κ3) is 1.97. The summed E-state index contributed by atoms with van der Waals surface area (Å²) >= 11 is 0. The van der Waals surface area contributed by atoms with E-state index in [-0.39, 0.29) is 16.9 Å². The monoisotopic (exact) mass is 202 g/mol. The van der Waals surface area contributed by atoms with E-state index in [0.29, 0.717) is 0 Å². The number of carboxylic acid groups (broad SMARTS) is 1. The summed E-state index contributed by atoms with van der Waals surface area (Å²) in [7, 11) is -2.41. The molecule has 0 aromatic carbocycles. The Kier molecular flexibility index (Phi) is 2.52. The molecule has 1 rings (SSSR count). The molecule has 1 aliphatic rings. The minimum atomic E-state index is -2.41. The van der Waals surface area contributed by atoms with Gasteiger partial charge in [0.05, 0.1) is 10.4 Å². The first-order chi connectivity index (χ1) is 6.02. The molecule has 1 aliphatic carbocycles. The molecule has 0 aromatic heterocycles. The number of hydrogen-bond donors (Lipinski definition) is 2. The molecule has 0 radical (unpaired) electrons. The van der Waals surface area contributed by atoms with Gasteiger partial charge in [-0.3, -0.25) is 0 Å². The fourth-order valence-electron chi connectivity index (χ4n) is 0.901. The lowest BCUT2D eigenvalue weighted by Crippen LogP contribution is -2.10. The summed E-state index contributed by atoms with van der Waals surface area (Å²) in [6.45, 7) is 0. The van der Waals surface area contributed by atoms with E-state index >= 15 is 0 Å². The molecule has 0 aliphatic heterocycles. The predicted molar refractivity (Wildman–Crippen MR) is 45.0 cm³/mol. The van der Waals surface area contributed by atoms with Gasteiger partial charge in [0.25, 0.3) is 0 Å². The highest BCUT2D eigenvalue weighted by Crippen LogP contribution is 2.14. The zero-order chi connectivity index (χ0) is 10.0. The van der Waals surface area contributed by atoms with Crippen LogP contribution in [-0.2, 0) is 15.1 Å². The van der Waals surface area contributed by atoms with Gasteiger partial charge >= 0.3 is 5.97 Å². The molecule has 0 saturated carbocycles. The smallest absolute Gasteiger partial charge is 0.339 e. The standard InChI is InChI=1S/C7H6O5S/c8-6-3-4(13(11)12)1-2-5(6)7(9)10/h1-2,8H,3H2,(H,9,10). The molecule has 13 heavy (non-hydrogen) atoms. The number of allylic oxidation sites excluding steroid dienone is 2. The lowest BCUT2D eigenvalue weighted by molar-refractivity contribution is -0.132. The summed E-state index contributed by atoms with van der Waals surface area (Å²) in [6.07, 6.45) is 1.97. The van der Waals surface area contributed by atoms with Crippen molar-refractivity contribution in [3.8, 4) is 0 Å². The van der Waals surface area contributed by atoms with Crippen molar-refractivity contribution in [1.82, 2.24) is 0 Å². The lowest BCUT2D eigenvalue weighted by Gasteiger charge is -2.06. The first-order valence-corrected chi connectivity index (χ1v) is 4.38. The van der Waals surface area contributed by atoms with Gasteiger partial charge in [0.2, 0.25) is 10.3 Å². The quantitative estimate of drug-likeness (QED) is 0.579. The van der Waals surface area contributed by atoms with E-state index in [2.05, 4.69) is 0 Å². The zero-order valence-electron chi connectivity index (χ0n) is 6.39. The van der Waals surface area contributed by atoms with Crippen molar-refractivity contribution in [1.29, 1.82) is 0 Å². The molecular weight excluding hydrogens is 196 g/mol. The first-order valence-electron chi connectivity index (χ1n) is 3.31. The van der Waals surface area contributed by atoms with Gasteiger partial charge in [0.15, 0.2) is 0 Å². The molecule has 5 nitrogen and oxygen atoms in total. The Morgan fingerprint density at radius 2 is 2.00 bits per heavy atom. The van der Waals surface area contributed by atoms with Crippen LogP contribution in [0.3, 0.4) is 0 Å². The Labute approximate surface area is 75.2 Å². The molecule has 0 fully saturated rings. The topological polar surface area (TPSA) is 91.7 Å². The predicted octanol–water partition coefficient (Wildman–Crippen LogP) is -0.105. The summed E-state index contributed by atoms with van der Waals surface area (Å²) in [6, 6.07) is 0. The van der Waals surface area contributed by atoms with Crippen LogP contribution in [0.15, 0.2) is 23.5 Å². The van der Waals surface area contributed by atoms with Crippen LogP contribution < -0.4 is 0 Å². The van der Waals surface area contributed by atoms with E-state index in [1.807, 2.05) is 0 Å². The summed E-state index contributed by atoms with van der Waals surface area (Å²) in [4.78, 5) is 10.4. The second-order valence-corrected chi connectivity index (χ2v) is 3.37. The van der Waals surface area contributed by atoms with Gasteiger partial charge in [-0.15, -0.1) is 0 Å². The minimum absolute atomic E-state index is 0.0255. The van der Waals surface area contributed by atoms with Crippen LogP contribution in [0.25, 0.3) is 0 Å². The maximum Gasteiger partial charge on any atom is 0.339 e. The molecule has 0 heterocycles. The molecule has 2 N–H and O–H groups in total. The summed E-state index contributed by atoms with van der Waals surface area (Å²) < 4.78 is 20.8. The average Bonchev–Trinajstić information content (AvgIpc) is 2.03. The molecule has 0 aromatic rings. The number of aliphatic carboxylic acids is 1. The largest absolute Gasteiger partial charge is 0.511 e. The van der Waals surface area contributed by atoms with E-state index in [9.17, 15) is 13.2 Å². The van der Waals surface area contributed by atoms with Crippen molar-refractivity contribution >= 4 is 21.1 Å². The third-order valence-electron chi connectivity index (χ3n) is 1.53.